The minimum atomic E-state index is 0.0345. The van der Waals surface area contributed by atoms with Crippen LogP contribution in [0.3, 0.4) is 0 Å². The monoisotopic (exact) mass is 313 g/mol. The molecule has 0 N–H and O–H groups in total. The van der Waals surface area contributed by atoms with Gasteiger partial charge in [-0.1, -0.05) is 6.92 Å². The van der Waals surface area contributed by atoms with Gasteiger partial charge in [0.05, 0.1) is 12.8 Å². The van der Waals surface area contributed by atoms with Gasteiger partial charge in [-0.3, -0.25) is 9.48 Å². The minimum Gasteiger partial charge on any atom is -0.497 e. The molecular formula is C18H23N3O2. The molecule has 0 unspecified atom stereocenters. The summed E-state index contributed by atoms with van der Waals surface area (Å²) in [6.45, 7) is 3.90. The van der Waals surface area contributed by atoms with Crippen molar-refractivity contribution in [1.29, 1.82) is 0 Å². The summed E-state index contributed by atoms with van der Waals surface area (Å²) in [7, 11) is 3.52. The molecule has 1 aromatic heterocycles. The van der Waals surface area contributed by atoms with Crippen LogP contribution in [0.2, 0.25) is 0 Å². The number of piperidine rings is 1. The quantitative estimate of drug-likeness (QED) is 0.875. The summed E-state index contributed by atoms with van der Waals surface area (Å²) in [5, 5.41) is 4.42. The van der Waals surface area contributed by atoms with Crippen LogP contribution in [0, 0.1) is 5.92 Å². The molecule has 3 rings (SSSR count). The van der Waals surface area contributed by atoms with Crippen molar-refractivity contribution in [3.63, 3.8) is 0 Å². The van der Waals surface area contributed by atoms with E-state index < -0.39 is 0 Å². The third kappa shape index (κ3) is 3.23. The number of rotatable bonds is 3. The van der Waals surface area contributed by atoms with E-state index in [1.165, 1.54) is 0 Å². The third-order valence-corrected chi connectivity index (χ3v) is 4.56. The summed E-state index contributed by atoms with van der Waals surface area (Å²) in [4.78, 5) is 14.6. The highest BCUT2D eigenvalue weighted by molar-refractivity contribution is 5.93. The maximum atomic E-state index is 12.6. The first-order valence-electron chi connectivity index (χ1n) is 8.06. The van der Waals surface area contributed by atoms with Crippen LogP contribution in [-0.2, 0) is 7.05 Å². The molecule has 1 aliphatic rings. The van der Waals surface area contributed by atoms with Gasteiger partial charge in [-0.25, -0.2) is 0 Å². The second-order valence-corrected chi connectivity index (χ2v) is 6.24. The number of aryl methyl sites for hydroxylation is 1. The number of ether oxygens (including phenoxy) is 1. The normalized spacial score (nSPS) is 15.7. The predicted octanol–water partition coefficient (Wildman–Crippen LogP) is 2.97. The van der Waals surface area contributed by atoms with Gasteiger partial charge in [0.15, 0.2) is 5.69 Å². The first-order valence-corrected chi connectivity index (χ1v) is 8.06. The molecule has 1 aromatic carbocycles. The van der Waals surface area contributed by atoms with Crippen LogP contribution >= 0.6 is 0 Å². The Balaban J connectivity index is 1.81. The highest BCUT2D eigenvalue weighted by Crippen LogP contribution is 2.24. The molecule has 0 saturated carbocycles. The Labute approximate surface area is 136 Å². The molecular weight excluding hydrogens is 290 g/mol. The zero-order chi connectivity index (χ0) is 16.4. The molecule has 2 heterocycles. The molecule has 122 valence electrons. The molecule has 0 spiro atoms. The molecule has 1 fully saturated rings. The molecule has 0 aliphatic carbocycles. The zero-order valence-corrected chi connectivity index (χ0v) is 14.0. The number of benzene rings is 1. The number of carbonyl (C=O) groups is 1. The molecule has 1 saturated heterocycles. The van der Waals surface area contributed by atoms with E-state index in [4.69, 9.17) is 4.74 Å². The smallest absolute Gasteiger partial charge is 0.274 e. The van der Waals surface area contributed by atoms with Gasteiger partial charge in [-0.15, -0.1) is 0 Å². The largest absolute Gasteiger partial charge is 0.497 e. The number of nitrogens with zero attached hydrogens (tertiary/aromatic N) is 3. The third-order valence-electron chi connectivity index (χ3n) is 4.56. The van der Waals surface area contributed by atoms with Gasteiger partial charge in [-0.05, 0) is 49.1 Å². The molecule has 23 heavy (non-hydrogen) atoms. The summed E-state index contributed by atoms with van der Waals surface area (Å²) < 4.78 is 6.95. The van der Waals surface area contributed by atoms with Gasteiger partial charge in [-0.2, -0.15) is 5.10 Å². The van der Waals surface area contributed by atoms with E-state index in [-0.39, 0.29) is 5.91 Å². The van der Waals surface area contributed by atoms with Gasteiger partial charge in [0.2, 0.25) is 0 Å². The summed E-state index contributed by atoms with van der Waals surface area (Å²) in [6, 6.07) is 9.66. The maximum absolute atomic E-state index is 12.6. The number of carbonyl (C=O) groups excluding carboxylic acids is 1. The predicted molar refractivity (Wildman–Crippen MR) is 89.5 cm³/mol. The fourth-order valence-corrected chi connectivity index (χ4v) is 2.98. The lowest BCUT2D eigenvalue weighted by molar-refractivity contribution is 0.0690. The summed E-state index contributed by atoms with van der Waals surface area (Å²) in [6.07, 6.45) is 2.15. The van der Waals surface area contributed by atoms with Crippen molar-refractivity contribution in [2.24, 2.45) is 13.0 Å². The van der Waals surface area contributed by atoms with Crippen LogP contribution in [0.1, 0.15) is 30.3 Å². The van der Waals surface area contributed by atoms with Crippen LogP contribution < -0.4 is 4.74 Å². The van der Waals surface area contributed by atoms with Crippen molar-refractivity contribution in [2.75, 3.05) is 20.2 Å². The first kappa shape index (κ1) is 15.6. The van der Waals surface area contributed by atoms with Gasteiger partial charge < -0.3 is 9.64 Å². The van der Waals surface area contributed by atoms with E-state index in [1.54, 1.807) is 11.8 Å². The standard InChI is InChI=1S/C18H23N3O2/c1-13-8-10-21(11-9-13)18(22)16-12-17(20(2)19-16)14-4-6-15(23-3)7-5-14/h4-7,12-13H,8-11H2,1-3H3. The second kappa shape index (κ2) is 6.44. The van der Waals surface area contributed by atoms with Crippen molar-refractivity contribution in [3.05, 3.63) is 36.0 Å². The van der Waals surface area contributed by atoms with E-state index in [9.17, 15) is 4.79 Å². The molecule has 0 atom stereocenters. The van der Waals surface area contributed by atoms with Crippen molar-refractivity contribution in [2.45, 2.75) is 19.8 Å². The van der Waals surface area contributed by atoms with Gasteiger partial charge in [0.25, 0.3) is 5.91 Å². The van der Waals surface area contributed by atoms with Gasteiger partial charge in [0.1, 0.15) is 5.75 Å². The fraction of sp³-hybridized carbons (Fsp3) is 0.444. The lowest BCUT2D eigenvalue weighted by Crippen LogP contribution is -2.38. The Morgan fingerprint density at radius 3 is 2.48 bits per heavy atom. The van der Waals surface area contributed by atoms with E-state index in [1.807, 2.05) is 42.3 Å². The first-order chi connectivity index (χ1) is 11.1. The number of hydrogen-bond acceptors (Lipinski definition) is 3. The van der Waals surface area contributed by atoms with Gasteiger partial charge >= 0.3 is 0 Å². The topological polar surface area (TPSA) is 47.4 Å². The average molecular weight is 313 g/mol. The van der Waals surface area contributed by atoms with E-state index in [0.29, 0.717) is 11.6 Å². The Kier molecular flexibility index (Phi) is 4.37. The number of likely N-dealkylation sites (tertiary alicyclic amines) is 1. The number of aromatic nitrogens is 2. The van der Waals surface area contributed by atoms with Crippen LogP contribution in [0.25, 0.3) is 11.3 Å². The summed E-state index contributed by atoms with van der Waals surface area (Å²) in [5.74, 6) is 1.56. The average Bonchev–Trinajstić information content (AvgIpc) is 2.97. The maximum Gasteiger partial charge on any atom is 0.274 e. The van der Waals surface area contributed by atoms with Crippen LogP contribution in [0.4, 0.5) is 0 Å². The molecule has 0 radical (unpaired) electrons. The van der Waals surface area contributed by atoms with Gasteiger partial charge in [0, 0.05) is 25.7 Å². The zero-order valence-electron chi connectivity index (χ0n) is 14.0. The number of hydrogen-bond donors (Lipinski definition) is 0. The molecule has 0 bridgehead atoms. The van der Waals surface area contributed by atoms with Crippen LogP contribution in [-0.4, -0.2) is 40.8 Å². The fourth-order valence-electron chi connectivity index (χ4n) is 2.98. The van der Waals surface area contributed by atoms with Crippen LogP contribution in [0.5, 0.6) is 5.75 Å². The molecule has 1 aliphatic heterocycles. The lowest BCUT2D eigenvalue weighted by atomic mass is 9.99. The summed E-state index contributed by atoms with van der Waals surface area (Å²) in [5.41, 5.74) is 2.47. The van der Waals surface area contributed by atoms with E-state index in [0.717, 1.165) is 42.9 Å². The van der Waals surface area contributed by atoms with E-state index in [2.05, 4.69) is 12.0 Å². The Morgan fingerprint density at radius 1 is 1.22 bits per heavy atom. The highest BCUT2D eigenvalue weighted by Gasteiger charge is 2.24. The van der Waals surface area contributed by atoms with Crippen molar-refractivity contribution in [3.8, 4) is 17.0 Å². The SMILES string of the molecule is COc1ccc(-c2cc(C(=O)N3CCC(C)CC3)nn2C)cc1. The van der Waals surface area contributed by atoms with Crippen molar-refractivity contribution < 1.29 is 9.53 Å². The van der Waals surface area contributed by atoms with Crippen molar-refractivity contribution >= 4 is 5.91 Å². The Hall–Kier alpha value is -2.30. The minimum absolute atomic E-state index is 0.0345. The lowest BCUT2D eigenvalue weighted by Gasteiger charge is -2.29. The highest BCUT2D eigenvalue weighted by atomic mass is 16.5. The molecule has 5 heteroatoms. The second-order valence-electron chi connectivity index (χ2n) is 6.24. The number of methoxy groups -OCH3 is 1. The summed E-state index contributed by atoms with van der Waals surface area (Å²) >= 11 is 0. The van der Waals surface area contributed by atoms with E-state index >= 15 is 0 Å². The molecule has 2 aromatic rings. The number of amides is 1. The van der Waals surface area contributed by atoms with Crippen LogP contribution in [0.15, 0.2) is 30.3 Å². The Bertz CT molecular complexity index is 683. The molecule has 1 amide bonds. The Morgan fingerprint density at radius 2 is 1.87 bits per heavy atom. The molecule has 5 nitrogen and oxygen atoms in total. The van der Waals surface area contributed by atoms with Crippen molar-refractivity contribution in [1.82, 2.24) is 14.7 Å².